The van der Waals surface area contributed by atoms with E-state index in [1.54, 1.807) is 0 Å². The van der Waals surface area contributed by atoms with Gasteiger partial charge in [-0.25, -0.2) is 0 Å². The van der Waals surface area contributed by atoms with Gasteiger partial charge in [0.15, 0.2) is 0 Å². The summed E-state index contributed by atoms with van der Waals surface area (Å²) in [5.41, 5.74) is 0. The molecule has 0 heterocycles. The number of unbranched alkanes of at least 4 members (excludes halogenated alkanes) is 5. The van der Waals surface area contributed by atoms with E-state index < -0.39 is 0 Å². The van der Waals surface area contributed by atoms with Gasteiger partial charge in [-0.15, -0.1) is 11.6 Å². The molecule has 0 saturated heterocycles. The van der Waals surface area contributed by atoms with Crippen LogP contribution in [0.2, 0.25) is 0 Å². The van der Waals surface area contributed by atoms with Gasteiger partial charge >= 0.3 is 0 Å². The van der Waals surface area contributed by atoms with E-state index in [1.165, 1.54) is 25.7 Å². The van der Waals surface area contributed by atoms with Crippen molar-refractivity contribution in [3.05, 3.63) is 0 Å². The van der Waals surface area contributed by atoms with Crippen LogP contribution in [0.25, 0.3) is 0 Å². The number of carbonyl (C=O) groups is 1. The van der Waals surface area contributed by atoms with Crippen molar-refractivity contribution in [1.29, 1.82) is 0 Å². The van der Waals surface area contributed by atoms with Crippen molar-refractivity contribution >= 4 is 17.4 Å². The van der Waals surface area contributed by atoms with Crippen molar-refractivity contribution in [3.8, 4) is 11.8 Å². The molecule has 0 radical (unpaired) electrons. The van der Waals surface area contributed by atoms with Gasteiger partial charge in [-0.05, 0) is 12.3 Å². The lowest BCUT2D eigenvalue weighted by Crippen LogP contribution is -1.92. The van der Waals surface area contributed by atoms with Crippen LogP contribution in [0.1, 0.15) is 51.9 Å². The number of hydrogen-bond donors (Lipinski definition) is 0. The fraction of sp³-hybridized carbons (Fsp3) is 0.750. The number of Topliss-reactive ketones (excluding diaryl/α,β-unsaturated/α-hetero) is 1. The fourth-order valence-electron chi connectivity index (χ4n) is 1.13. The van der Waals surface area contributed by atoms with Gasteiger partial charge in [0.1, 0.15) is 0 Å². The summed E-state index contributed by atoms with van der Waals surface area (Å²) < 4.78 is 0. The van der Waals surface area contributed by atoms with E-state index in [9.17, 15) is 4.79 Å². The lowest BCUT2D eigenvalue weighted by molar-refractivity contribution is -0.113. The summed E-state index contributed by atoms with van der Waals surface area (Å²) in [6.07, 6.45) is 7.42. The van der Waals surface area contributed by atoms with Gasteiger partial charge in [0, 0.05) is 18.7 Å². The van der Waals surface area contributed by atoms with Crippen molar-refractivity contribution in [2.45, 2.75) is 51.9 Å². The molecule has 0 N–H and O–H groups in total. The fourth-order valence-corrected chi connectivity index (χ4v) is 1.30. The van der Waals surface area contributed by atoms with Gasteiger partial charge in [0.05, 0.1) is 0 Å². The minimum Gasteiger partial charge on any atom is -0.285 e. The topological polar surface area (TPSA) is 17.1 Å². The van der Waals surface area contributed by atoms with Crippen molar-refractivity contribution < 1.29 is 4.79 Å². The highest BCUT2D eigenvalue weighted by molar-refractivity contribution is 6.19. The highest BCUT2D eigenvalue weighted by Gasteiger charge is 1.92. The second kappa shape index (κ2) is 10.6. The molecular formula is C12H19ClO. The number of hydrogen-bond acceptors (Lipinski definition) is 1. The maximum atomic E-state index is 10.9. The normalized spacial score (nSPS) is 9.29. The Labute approximate surface area is 92.2 Å². The van der Waals surface area contributed by atoms with E-state index in [0.29, 0.717) is 12.3 Å². The van der Waals surface area contributed by atoms with Crippen LogP contribution in [0.15, 0.2) is 0 Å². The van der Waals surface area contributed by atoms with Crippen LogP contribution in [-0.4, -0.2) is 11.7 Å². The van der Waals surface area contributed by atoms with Gasteiger partial charge in [-0.1, -0.05) is 38.5 Å². The van der Waals surface area contributed by atoms with E-state index in [1.807, 2.05) is 0 Å². The second-order valence-corrected chi connectivity index (χ2v) is 3.71. The quantitative estimate of drug-likeness (QED) is 0.274. The summed E-state index contributed by atoms with van der Waals surface area (Å²) in [5, 5.41) is 0. The molecule has 0 saturated carbocycles. The number of carbonyl (C=O) groups excluding carboxylic acids is 1. The maximum Gasteiger partial charge on any atom is 0.206 e. The largest absolute Gasteiger partial charge is 0.285 e. The zero-order valence-corrected chi connectivity index (χ0v) is 9.70. The SMILES string of the molecule is CCCCCCCC#CC(=O)CCCl. The van der Waals surface area contributed by atoms with E-state index in [4.69, 9.17) is 11.6 Å². The molecule has 1 nitrogen and oxygen atoms in total. The summed E-state index contributed by atoms with van der Waals surface area (Å²) in [5.74, 6) is 5.84. The average Bonchev–Trinajstić information content (AvgIpc) is 2.17. The first kappa shape index (κ1) is 13.5. The van der Waals surface area contributed by atoms with E-state index in [2.05, 4.69) is 18.8 Å². The molecule has 0 spiro atoms. The molecule has 80 valence electrons. The lowest BCUT2D eigenvalue weighted by Gasteiger charge is -1.94. The third kappa shape index (κ3) is 9.61. The van der Waals surface area contributed by atoms with Crippen LogP contribution in [-0.2, 0) is 4.79 Å². The minimum atomic E-state index is -0.0337. The highest BCUT2D eigenvalue weighted by Crippen LogP contribution is 2.03. The van der Waals surface area contributed by atoms with Crippen molar-refractivity contribution in [1.82, 2.24) is 0 Å². The number of ketones is 1. The molecule has 0 amide bonds. The molecule has 0 atom stereocenters. The average molecular weight is 215 g/mol. The number of alkyl halides is 1. The first-order chi connectivity index (χ1) is 6.81. The predicted molar refractivity (Wildman–Crippen MR) is 61.5 cm³/mol. The molecule has 0 rings (SSSR count). The molecule has 14 heavy (non-hydrogen) atoms. The first-order valence-electron chi connectivity index (χ1n) is 5.39. The Kier molecular flexibility index (Phi) is 10.2. The van der Waals surface area contributed by atoms with Crippen LogP contribution in [0.3, 0.4) is 0 Å². The van der Waals surface area contributed by atoms with E-state index in [-0.39, 0.29) is 5.78 Å². The molecule has 0 bridgehead atoms. The van der Waals surface area contributed by atoms with E-state index in [0.717, 1.165) is 12.8 Å². The zero-order chi connectivity index (χ0) is 10.6. The Morgan fingerprint density at radius 2 is 1.93 bits per heavy atom. The third-order valence-electron chi connectivity index (χ3n) is 1.95. The van der Waals surface area contributed by atoms with Gasteiger partial charge in [-0.3, -0.25) is 4.79 Å². The third-order valence-corrected chi connectivity index (χ3v) is 2.14. The predicted octanol–water partition coefficient (Wildman–Crippen LogP) is 3.55. The summed E-state index contributed by atoms with van der Waals surface area (Å²) in [7, 11) is 0. The Morgan fingerprint density at radius 3 is 2.57 bits per heavy atom. The maximum absolute atomic E-state index is 10.9. The van der Waals surface area contributed by atoms with Crippen molar-refractivity contribution in [3.63, 3.8) is 0 Å². The molecular weight excluding hydrogens is 196 g/mol. The van der Waals surface area contributed by atoms with Gasteiger partial charge in [0.2, 0.25) is 5.78 Å². The molecule has 0 fully saturated rings. The minimum absolute atomic E-state index is 0.0337. The summed E-state index contributed by atoms with van der Waals surface area (Å²) in [6, 6.07) is 0. The Morgan fingerprint density at radius 1 is 1.21 bits per heavy atom. The molecule has 2 heteroatoms. The smallest absolute Gasteiger partial charge is 0.206 e. The zero-order valence-electron chi connectivity index (χ0n) is 8.94. The standard InChI is InChI=1S/C12H19ClO/c1-2-3-4-5-6-7-8-9-12(14)10-11-13/h2-7,10-11H2,1H3. The summed E-state index contributed by atoms with van der Waals surface area (Å²) in [6.45, 7) is 2.20. The van der Waals surface area contributed by atoms with Gasteiger partial charge in [-0.2, -0.15) is 0 Å². The number of rotatable bonds is 7. The first-order valence-corrected chi connectivity index (χ1v) is 5.92. The molecule has 0 aliphatic rings. The van der Waals surface area contributed by atoms with Crippen LogP contribution >= 0.6 is 11.6 Å². The van der Waals surface area contributed by atoms with Gasteiger partial charge < -0.3 is 0 Å². The summed E-state index contributed by atoms with van der Waals surface area (Å²) in [4.78, 5) is 10.9. The lowest BCUT2D eigenvalue weighted by atomic mass is 10.1. The van der Waals surface area contributed by atoms with Crippen molar-refractivity contribution in [2.75, 3.05) is 5.88 Å². The monoisotopic (exact) mass is 214 g/mol. The van der Waals surface area contributed by atoms with Crippen LogP contribution in [0.4, 0.5) is 0 Å². The Balaban J connectivity index is 3.29. The molecule has 0 aromatic carbocycles. The van der Waals surface area contributed by atoms with Gasteiger partial charge in [0.25, 0.3) is 0 Å². The van der Waals surface area contributed by atoms with Crippen LogP contribution < -0.4 is 0 Å². The highest BCUT2D eigenvalue weighted by atomic mass is 35.5. The Hall–Kier alpha value is -0.480. The molecule has 0 aromatic heterocycles. The molecule has 0 aliphatic heterocycles. The number of halogens is 1. The molecule has 0 aliphatic carbocycles. The Bertz CT molecular complexity index is 200. The molecule has 0 aromatic rings. The van der Waals surface area contributed by atoms with Crippen molar-refractivity contribution in [2.24, 2.45) is 0 Å². The second-order valence-electron chi connectivity index (χ2n) is 3.33. The van der Waals surface area contributed by atoms with Crippen LogP contribution in [0.5, 0.6) is 0 Å². The molecule has 0 unspecified atom stereocenters. The van der Waals surface area contributed by atoms with Crippen LogP contribution in [0, 0.1) is 11.8 Å². The summed E-state index contributed by atoms with van der Waals surface area (Å²) >= 11 is 5.41. The van der Waals surface area contributed by atoms with E-state index >= 15 is 0 Å².